The Balaban J connectivity index is 2.06. The Labute approximate surface area is 106 Å². The maximum atomic E-state index is 11.3. The normalized spacial score (nSPS) is 18.9. The second-order valence-corrected chi connectivity index (χ2v) is 4.20. The number of carbonyl (C=O) groups is 1. The minimum Gasteiger partial charge on any atom is -0.480 e. The van der Waals surface area contributed by atoms with Gasteiger partial charge in [0.1, 0.15) is 6.04 Å². The summed E-state index contributed by atoms with van der Waals surface area (Å²) in [5.74, 6) is -0.816. The molecular weight excluding hydrogens is 230 g/mol. The summed E-state index contributed by atoms with van der Waals surface area (Å²) in [5, 5.41) is 9.27. The smallest absolute Gasteiger partial charge is 0.324 e. The van der Waals surface area contributed by atoms with E-state index in [0.717, 1.165) is 5.56 Å². The molecule has 0 aliphatic carbocycles. The zero-order valence-electron chi connectivity index (χ0n) is 10.2. The molecule has 4 heteroatoms. The fourth-order valence-electron chi connectivity index (χ4n) is 1.98. The Kier molecular flexibility index (Phi) is 4.50. The molecule has 2 rings (SSSR count). The van der Waals surface area contributed by atoms with E-state index in [1.54, 1.807) is 6.08 Å². The van der Waals surface area contributed by atoms with Crippen molar-refractivity contribution < 1.29 is 14.6 Å². The van der Waals surface area contributed by atoms with Gasteiger partial charge in [0.25, 0.3) is 0 Å². The van der Waals surface area contributed by atoms with Gasteiger partial charge in [0, 0.05) is 13.1 Å². The van der Waals surface area contributed by atoms with Crippen molar-refractivity contribution in [2.45, 2.75) is 6.04 Å². The fraction of sp³-hybridized carbons (Fsp3) is 0.357. The van der Waals surface area contributed by atoms with Gasteiger partial charge in [0.15, 0.2) is 0 Å². The van der Waals surface area contributed by atoms with Gasteiger partial charge in [-0.15, -0.1) is 0 Å². The fourth-order valence-corrected chi connectivity index (χ4v) is 1.98. The number of aliphatic carboxylic acids is 1. The number of nitrogens with zero attached hydrogens (tertiary/aromatic N) is 1. The van der Waals surface area contributed by atoms with Gasteiger partial charge in [0.05, 0.1) is 13.2 Å². The monoisotopic (exact) mass is 247 g/mol. The molecule has 18 heavy (non-hydrogen) atoms. The summed E-state index contributed by atoms with van der Waals surface area (Å²) in [5.41, 5.74) is 1.01. The minimum absolute atomic E-state index is 0.575. The van der Waals surface area contributed by atoms with E-state index in [1.165, 1.54) is 0 Å². The Morgan fingerprint density at radius 2 is 1.94 bits per heavy atom. The maximum Gasteiger partial charge on any atom is 0.324 e. The first-order valence-corrected chi connectivity index (χ1v) is 6.05. The highest BCUT2D eigenvalue weighted by Gasteiger charge is 2.24. The van der Waals surface area contributed by atoms with Crippen LogP contribution in [0.25, 0.3) is 6.08 Å². The van der Waals surface area contributed by atoms with E-state index >= 15 is 0 Å². The Bertz CT molecular complexity index is 410. The highest BCUT2D eigenvalue weighted by atomic mass is 16.5. The summed E-state index contributed by atoms with van der Waals surface area (Å²) < 4.78 is 5.23. The number of ether oxygens (including phenoxy) is 1. The summed E-state index contributed by atoms with van der Waals surface area (Å²) >= 11 is 0. The highest BCUT2D eigenvalue weighted by Crippen LogP contribution is 2.09. The molecule has 1 fully saturated rings. The van der Waals surface area contributed by atoms with Crippen LogP contribution in [-0.2, 0) is 9.53 Å². The van der Waals surface area contributed by atoms with Crippen LogP contribution in [0, 0.1) is 0 Å². The second kappa shape index (κ2) is 6.33. The molecule has 4 nitrogen and oxygen atoms in total. The van der Waals surface area contributed by atoms with Gasteiger partial charge in [0.2, 0.25) is 0 Å². The van der Waals surface area contributed by atoms with Crippen LogP contribution in [-0.4, -0.2) is 48.3 Å². The number of hydrogen-bond acceptors (Lipinski definition) is 3. The van der Waals surface area contributed by atoms with Crippen molar-refractivity contribution >= 4 is 12.0 Å². The molecule has 0 aromatic heterocycles. The first-order chi connectivity index (χ1) is 8.77. The van der Waals surface area contributed by atoms with E-state index in [2.05, 4.69) is 0 Å². The quantitative estimate of drug-likeness (QED) is 0.875. The lowest BCUT2D eigenvalue weighted by atomic mass is 10.1. The third-order valence-electron chi connectivity index (χ3n) is 2.96. The lowest BCUT2D eigenvalue weighted by Crippen LogP contribution is -2.46. The molecule has 1 N–H and O–H groups in total. The molecule has 0 radical (unpaired) electrons. The van der Waals surface area contributed by atoms with Gasteiger partial charge in [-0.25, -0.2) is 0 Å². The summed E-state index contributed by atoms with van der Waals surface area (Å²) in [6.45, 7) is 2.53. The maximum absolute atomic E-state index is 11.3. The Morgan fingerprint density at radius 1 is 1.28 bits per heavy atom. The van der Waals surface area contributed by atoms with E-state index < -0.39 is 12.0 Å². The average molecular weight is 247 g/mol. The van der Waals surface area contributed by atoms with E-state index in [-0.39, 0.29) is 0 Å². The van der Waals surface area contributed by atoms with Gasteiger partial charge >= 0.3 is 5.97 Å². The predicted octanol–water partition coefficient (Wildman–Crippen LogP) is 1.49. The second-order valence-electron chi connectivity index (χ2n) is 4.20. The van der Waals surface area contributed by atoms with Crippen molar-refractivity contribution in [2.75, 3.05) is 26.3 Å². The molecule has 0 bridgehead atoms. The summed E-state index contributed by atoms with van der Waals surface area (Å²) in [6.07, 6.45) is 3.59. The van der Waals surface area contributed by atoms with E-state index in [0.29, 0.717) is 26.3 Å². The standard InChI is InChI=1S/C14H17NO3/c16-14(17)13(15-8-10-18-11-9-15)7-6-12-4-2-1-3-5-12/h1-7,13H,8-11H2,(H,16,17)/b7-6+. The van der Waals surface area contributed by atoms with E-state index in [1.807, 2.05) is 41.3 Å². The largest absolute Gasteiger partial charge is 0.480 e. The van der Waals surface area contributed by atoms with Crippen LogP contribution in [0.4, 0.5) is 0 Å². The molecule has 1 heterocycles. The van der Waals surface area contributed by atoms with Crippen molar-refractivity contribution in [3.63, 3.8) is 0 Å². The van der Waals surface area contributed by atoms with Crippen LogP contribution in [0.3, 0.4) is 0 Å². The lowest BCUT2D eigenvalue weighted by molar-refractivity contribution is -0.142. The van der Waals surface area contributed by atoms with Crippen molar-refractivity contribution in [1.82, 2.24) is 4.90 Å². The average Bonchev–Trinajstić information content (AvgIpc) is 2.41. The number of carboxylic acids is 1. The Hall–Kier alpha value is -1.65. The summed E-state index contributed by atoms with van der Waals surface area (Å²) in [6, 6.07) is 9.14. The highest BCUT2D eigenvalue weighted by molar-refractivity contribution is 5.77. The number of rotatable bonds is 4. The Morgan fingerprint density at radius 3 is 2.56 bits per heavy atom. The molecular formula is C14H17NO3. The molecule has 0 saturated carbocycles. The van der Waals surface area contributed by atoms with Crippen LogP contribution in [0.2, 0.25) is 0 Å². The number of carboxylic acid groups (broad SMARTS) is 1. The van der Waals surface area contributed by atoms with E-state index in [4.69, 9.17) is 4.74 Å². The van der Waals surface area contributed by atoms with Crippen molar-refractivity contribution in [3.8, 4) is 0 Å². The molecule has 1 saturated heterocycles. The summed E-state index contributed by atoms with van der Waals surface area (Å²) in [4.78, 5) is 13.2. The van der Waals surface area contributed by atoms with Gasteiger partial charge in [-0.2, -0.15) is 0 Å². The molecule has 1 aromatic rings. The van der Waals surface area contributed by atoms with Crippen LogP contribution in [0.1, 0.15) is 5.56 Å². The molecule has 1 atom stereocenters. The SMILES string of the molecule is O=C(O)C(/C=C/c1ccccc1)N1CCOCC1. The first kappa shape index (κ1) is 12.8. The molecule has 0 spiro atoms. The lowest BCUT2D eigenvalue weighted by Gasteiger charge is -2.30. The predicted molar refractivity (Wildman–Crippen MR) is 69.3 cm³/mol. The molecule has 1 aliphatic rings. The van der Waals surface area contributed by atoms with Crippen LogP contribution in [0.5, 0.6) is 0 Å². The molecule has 1 aliphatic heterocycles. The van der Waals surface area contributed by atoms with Gasteiger partial charge < -0.3 is 9.84 Å². The summed E-state index contributed by atoms with van der Waals surface area (Å²) in [7, 11) is 0. The number of hydrogen-bond donors (Lipinski definition) is 1. The third-order valence-corrected chi connectivity index (χ3v) is 2.96. The topological polar surface area (TPSA) is 49.8 Å². The molecule has 0 amide bonds. The zero-order valence-corrected chi connectivity index (χ0v) is 10.2. The van der Waals surface area contributed by atoms with Crippen molar-refractivity contribution in [2.24, 2.45) is 0 Å². The zero-order chi connectivity index (χ0) is 12.8. The number of morpholine rings is 1. The molecule has 96 valence electrons. The van der Waals surface area contributed by atoms with Gasteiger partial charge in [-0.05, 0) is 5.56 Å². The van der Waals surface area contributed by atoms with Crippen LogP contribution in [0.15, 0.2) is 36.4 Å². The van der Waals surface area contributed by atoms with Gasteiger partial charge in [-0.1, -0.05) is 42.5 Å². The first-order valence-electron chi connectivity index (χ1n) is 6.05. The minimum atomic E-state index is -0.816. The van der Waals surface area contributed by atoms with E-state index in [9.17, 15) is 9.90 Å². The van der Waals surface area contributed by atoms with Crippen molar-refractivity contribution in [3.05, 3.63) is 42.0 Å². The molecule has 1 aromatic carbocycles. The van der Waals surface area contributed by atoms with Crippen LogP contribution >= 0.6 is 0 Å². The third kappa shape index (κ3) is 3.42. The van der Waals surface area contributed by atoms with Crippen LogP contribution < -0.4 is 0 Å². The van der Waals surface area contributed by atoms with Gasteiger partial charge in [-0.3, -0.25) is 9.69 Å². The number of benzene rings is 1. The van der Waals surface area contributed by atoms with Crippen molar-refractivity contribution in [1.29, 1.82) is 0 Å². The molecule has 1 unspecified atom stereocenters.